The monoisotopic (exact) mass is 543 g/mol. The molecular formula is C26H23F2N3O6S. The minimum atomic E-state index is -3.04. The van der Waals surface area contributed by atoms with Crippen LogP contribution in [0.3, 0.4) is 0 Å². The van der Waals surface area contributed by atoms with E-state index in [0.717, 1.165) is 0 Å². The molecule has 198 valence electrons. The smallest absolute Gasteiger partial charge is 0.387 e. The first-order valence-corrected chi connectivity index (χ1v) is 12.2. The topological polar surface area (TPSA) is 105 Å². The fraction of sp³-hybridized carbons (Fsp3) is 0.231. The van der Waals surface area contributed by atoms with Crippen LogP contribution in [0, 0.1) is 15.5 Å². The molecule has 0 atom stereocenters. The van der Waals surface area contributed by atoms with Crippen molar-refractivity contribution < 1.29 is 32.7 Å². The Morgan fingerprint density at radius 3 is 2.58 bits per heavy atom. The molecule has 12 heteroatoms. The number of ether oxygens (including phenoxy) is 3. The number of rotatable bonds is 9. The third kappa shape index (κ3) is 6.32. The normalized spacial score (nSPS) is 11.8. The molecule has 0 unspecified atom stereocenters. The van der Waals surface area contributed by atoms with E-state index in [2.05, 4.69) is 9.72 Å². The zero-order valence-corrected chi connectivity index (χ0v) is 21.4. The number of carbonyl (C=O) groups is 1. The molecule has 2 aromatic carbocycles. The van der Waals surface area contributed by atoms with Crippen molar-refractivity contribution in [3.63, 3.8) is 0 Å². The minimum Gasteiger partial charge on any atom is -0.489 e. The molecule has 38 heavy (non-hydrogen) atoms. The number of hydrogen-bond donors (Lipinski definition) is 0. The van der Waals surface area contributed by atoms with Crippen LogP contribution < -0.4 is 14.2 Å². The van der Waals surface area contributed by atoms with Crippen LogP contribution in [0.5, 0.6) is 17.2 Å². The molecule has 2 heterocycles. The lowest BCUT2D eigenvalue weighted by Gasteiger charge is -2.21. The van der Waals surface area contributed by atoms with Crippen molar-refractivity contribution >= 4 is 40.1 Å². The van der Waals surface area contributed by atoms with Gasteiger partial charge in [-0.1, -0.05) is 32.9 Å². The van der Waals surface area contributed by atoms with E-state index in [1.165, 1.54) is 41.7 Å². The Morgan fingerprint density at radius 2 is 1.92 bits per heavy atom. The van der Waals surface area contributed by atoms with E-state index in [9.17, 15) is 23.7 Å². The van der Waals surface area contributed by atoms with Crippen LogP contribution in [-0.4, -0.2) is 33.5 Å². The molecule has 0 saturated heterocycles. The van der Waals surface area contributed by atoms with Crippen molar-refractivity contribution in [3.05, 3.63) is 81.1 Å². The zero-order valence-electron chi connectivity index (χ0n) is 20.6. The quantitative estimate of drug-likeness (QED) is 0.0999. The largest absolute Gasteiger partial charge is 0.489 e. The number of thiazole rings is 1. The van der Waals surface area contributed by atoms with Gasteiger partial charge in [0.1, 0.15) is 5.75 Å². The van der Waals surface area contributed by atoms with Crippen LogP contribution in [0.15, 0.2) is 54.0 Å². The number of alkyl halides is 2. The molecule has 0 aliphatic heterocycles. The van der Waals surface area contributed by atoms with Crippen molar-refractivity contribution in [2.75, 3.05) is 6.61 Å². The maximum absolute atomic E-state index is 13.1. The summed E-state index contributed by atoms with van der Waals surface area (Å²) in [5.41, 5.74) is 0.444. The lowest BCUT2D eigenvalue weighted by atomic mass is 9.98. The summed E-state index contributed by atoms with van der Waals surface area (Å²) in [4.78, 5) is 28.5. The third-order valence-electron chi connectivity index (χ3n) is 5.04. The van der Waals surface area contributed by atoms with Gasteiger partial charge in [-0.2, -0.15) is 8.78 Å². The first-order chi connectivity index (χ1) is 18.0. The summed E-state index contributed by atoms with van der Waals surface area (Å²) in [5, 5.41) is 12.6. The Hall–Kier alpha value is -4.32. The molecule has 0 bridgehead atoms. The highest BCUT2D eigenvalue weighted by atomic mass is 32.1. The highest BCUT2D eigenvalue weighted by molar-refractivity contribution is 7.15. The van der Waals surface area contributed by atoms with E-state index in [1.807, 2.05) is 20.8 Å². The van der Waals surface area contributed by atoms with Gasteiger partial charge in [-0.25, -0.2) is 9.78 Å². The lowest BCUT2D eigenvalue weighted by Crippen LogP contribution is -2.18. The molecule has 0 aliphatic carbocycles. The van der Waals surface area contributed by atoms with Gasteiger partial charge >= 0.3 is 12.6 Å². The molecule has 2 aromatic heterocycles. The second-order valence-corrected chi connectivity index (χ2v) is 10.2. The Kier molecular flexibility index (Phi) is 7.72. The number of carbonyl (C=O) groups excluding carboxylic acids is 1. The van der Waals surface area contributed by atoms with Crippen LogP contribution in [-0.2, 0) is 0 Å². The summed E-state index contributed by atoms with van der Waals surface area (Å²) in [6.07, 6.45) is 4.80. The summed E-state index contributed by atoms with van der Waals surface area (Å²) in [5.74, 6) is -0.594. The average molecular weight is 544 g/mol. The number of non-ortho nitro benzene ring substituents is 1. The summed E-state index contributed by atoms with van der Waals surface area (Å²) in [7, 11) is 0. The molecule has 0 N–H and O–H groups in total. The van der Waals surface area contributed by atoms with Gasteiger partial charge < -0.3 is 14.2 Å². The Labute approximate surface area is 220 Å². The van der Waals surface area contributed by atoms with Crippen LogP contribution in [0.2, 0.25) is 0 Å². The number of para-hydroxylation sites is 1. The van der Waals surface area contributed by atoms with E-state index in [-0.39, 0.29) is 46.3 Å². The van der Waals surface area contributed by atoms with E-state index >= 15 is 0 Å². The van der Waals surface area contributed by atoms with Crippen molar-refractivity contribution in [2.24, 2.45) is 5.41 Å². The number of benzene rings is 2. The fourth-order valence-electron chi connectivity index (χ4n) is 3.38. The van der Waals surface area contributed by atoms with Gasteiger partial charge in [0.25, 0.3) is 5.69 Å². The number of hydrogen-bond acceptors (Lipinski definition) is 8. The van der Waals surface area contributed by atoms with Gasteiger partial charge in [-0.05, 0) is 35.8 Å². The average Bonchev–Trinajstić information content (AvgIpc) is 3.42. The van der Waals surface area contributed by atoms with Crippen molar-refractivity contribution in [3.8, 4) is 17.2 Å². The van der Waals surface area contributed by atoms with Crippen LogP contribution in [0.25, 0.3) is 17.1 Å². The van der Waals surface area contributed by atoms with Gasteiger partial charge in [-0.3, -0.25) is 14.5 Å². The van der Waals surface area contributed by atoms with Crippen molar-refractivity contribution in [1.82, 2.24) is 9.38 Å². The number of aromatic nitrogens is 2. The second kappa shape index (κ2) is 11.0. The molecule has 0 saturated carbocycles. The predicted molar refractivity (Wildman–Crippen MR) is 138 cm³/mol. The summed E-state index contributed by atoms with van der Waals surface area (Å²) in [6, 6.07) is 9.72. The molecule has 0 aliphatic rings. The van der Waals surface area contributed by atoms with Gasteiger partial charge in [-0.15, -0.1) is 11.3 Å². The number of nitrogens with zero attached hydrogens (tertiary/aromatic N) is 3. The van der Waals surface area contributed by atoms with E-state index in [1.54, 1.807) is 40.3 Å². The number of imidazole rings is 1. The Bertz CT molecular complexity index is 1490. The fourth-order valence-corrected chi connectivity index (χ4v) is 4.10. The van der Waals surface area contributed by atoms with Gasteiger partial charge in [0.2, 0.25) is 0 Å². The first-order valence-electron chi connectivity index (χ1n) is 11.3. The first kappa shape index (κ1) is 26.7. The molecule has 9 nitrogen and oxygen atoms in total. The number of fused-ring (bicyclic) bond motifs is 1. The standard InChI is InChI=1S/C26H23F2N3O6S/c1-26(2,3)15-35-22-16(5-4-6-20(22)37-24(27)28)7-12-19-21(30-13-14-38-25(30)29-19)23(32)36-18-10-8-17(9-11-18)31(33)34/h4-14,24H,15H2,1-3H3. The molecule has 4 aromatic rings. The number of nitro groups is 1. The SMILES string of the molecule is CC(C)(C)COc1c(C=Cc2nc3sccn3c2C(=O)Oc2ccc([N+](=O)[O-])cc2)cccc1OC(F)F. The number of nitro benzene ring substituents is 1. The lowest BCUT2D eigenvalue weighted by molar-refractivity contribution is -0.384. The summed E-state index contributed by atoms with van der Waals surface area (Å²) in [6.45, 7) is 3.04. The minimum absolute atomic E-state index is 0.116. The van der Waals surface area contributed by atoms with Gasteiger partial charge in [0, 0.05) is 29.3 Å². The zero-order chi connectivity index (χ0) is 27.4. The highest BCUT2D eigenvalue weighted by Gasteiger charge is 2.22. The van der Waals surface area contributed by atoms with Gasteiger partial charge in [0.05, 0.1) is 17.2 Å². The maximum atomic E-state index is 13.1. The molecule has 4 rings (SSSR count). The number of esters is 1. The maximum Gasteiger partial charge on any atom is 0.387 e. The van der Waals surface area contributed by atoms with Crippen molar-refractivity contribution in [1.29, 1.82) is 0 Å². The third-order valence-corrected chi connectivity index (χ3v) is 5.79. The van der Waals surface area contributed by atoms with Crippen LogP contribution in [0.1, 0.15) is 42.5 Å². The van der Waals surface area contributed by atoms with Gasteiger partial charge in [0.15, 0.2) is 22.2 Å². The molecule has 0 amide bonds. The molecule has 0 radical (unpaired) electrons. The summed E-state index contributed by atoms with van der Waals surface area (Å²) >= 11 is 1.30. The second-order valence-electron chi connectivity index (χ2n) is 9.28. The van der Waals surface area contributed by atoms with Crippen LogP contribution in [0.4, 0.5) is 14.5 Å². The van der Waals surface area contributed by atoms with E-state index < -0.39 is 17.5 Å². The summed E-state index contributed by atoms with van der Waals surface area (Å²) < 4.78 is 43.6. The molecule has 0 spiro atoms. The van der Waals surface area contributed by atoms with Crippen molar-refractivity contribution in [2.45, 2.75) is 27.4 Å². The Balaban J connectivity index is 1.67. The molecule has 0 fully saturated rings. The molecular weight excluding hydrogens is 520 g/mol. The van der Waals surface area contributed by atoms with E-state index in [0.29, 0.717) is 10.5 Å². The predicted octanol–water partition coefficient (Wildman–Crippen LogP) is 6.72. The Morgan fingerprint density at radius 1 is 1.18 bits per heavy atom. The highest BCUT2D eigenvalue weighted by Crippen LogP contribution is 2.35. The number of halogens is 2. The van der Waals surface area contributed by atoms with E-state index in [4.69, 9.17) is 9.47 Å². The van der Waals surface area contributed by atoms with Crippen LogP contribution >= 0.6 is 11.3 Å².